The third-order valence-electron chi connectivity index (χ3n) is 2.47. The number of rotatable bonds is 9. The molecule has 0 aromatic heterocycles. The summed E-state index contributed by atoms with van der Waals surface area (Å²) in [5, 5.41) is 15.9. The minimum Gasteiger partial charge on any atom is -0.388 e. The molecule has 1 amide bonds. The summed E-state index contributed by atoms with van der Waals surface area (Å²) in [6, 6.07) is -0.264. The number of hydrogen-bond acceptors (Lipinski definition) is 4. The second-order valence-electron chi connectivity index (χ2n) is 4.68. The highest BCUT2D eigenvalue weighted by molar-refractivity contribution is 7.98. The molecule has 0 aromatic rings. The first-order valence-electron chi connectivity index (χ1n) is 6.15. The Balaban J connectivity index is 3.84. The van der Waals surface area contributed by atoms with Gasteiger partial charge in [0.1, 0.15) is 0 Å². The van der Waals surface area contributed by atoms with Crippen LogP contribution in [0.2, 0.25) is 0 Å². The van der Waals surface area contributed by atoms with Crippen LogP contribution in [-0.2, 0) is 4.79 Å². The van der Waals surface area contributed by atoms with E-state index in [1.54, 1.807) is 18.7 Å². The van der Waals surface area contributed by atoms with Crippen LogP contribution in [0.1, 0.15) is 33.6 Å². The Morgan fingerprint density at radius 3 is 2.71 bits per heavy atom. The summed E-state index contributed by atoms with van der Waals surface area (Å²) in [6.07, 6.45) is 4.03. The van der Waals surface area contributed by atoms with Crippen LogP contribution in [-0.4, -0.2) is 47.8 Å². The minimum atomic E-state index is -0.766. The Morgan fingerprint density at radius 1 is 1.53 bits per heavy atom. The van der Waals surface area contributed by atoms with Gasteiger partial charge in [0.2, 0.25) is 5.91 Å². The van der Waals surface area contributed by atoms with E-state index in [-0.39, 0.29) is 11.9 Å². The molecule has 0 radical (unpaired) electrons. The summed E-state index contributed by atoms with van der Waals surface area (Å²) in [4.78, 5) is 11.6. The molecular formula is C12H26N2O2S. The van der Waals surface area contributed by atoms with Crippen LogP contribution in [0, 0.1) is 0 Å². The van der Waals surface area contributed by atoms with Gasteiger partial charge in [-0.2, -0.15) is 11.8 Å². The maximum absolute atomic E-state index is 11.6. The zero-order chi connectivity index (χ0) is 13.3. The summed E-state index contributed by atoms with van der Waals surface area (Å²) < 4.78 is 0. The van der Waals surface area contributed by atoms with E-state index < -0.39 is 5.60 Å². The molecule has 2 atom stereocenters. The summed E-state index contributed by atoms with van der Waals surface area (Å²) >= 11 is 1.59. The fourth-order valence-electron chi connectivity index (χ4n) is 1.37. The number of nitrogens with one attached hydrogen (secondary N) is 2. The number of aliphatic hydroxyl groups is 1. The van der Waals surface area contributed by atoms with Crippen LogP contribution in [0.5, 0.6) is 0 Å². The van der Waals surface area contributed by atoms with Crippen molar-refractivity contribution in [2.75, 3.05) is 25.1 Å². The smallest absolute Gasteiger partial charge is 0.236 e. The van der Waals surface area contributed by atoms with Crippen molar-refractivity contribution in [3.63, 3.8) is 0 Å². The van der Waals surface area contributed by atoms with E-state index in [9.17, 15) is 9.90 Å². The molecule has 4 nitrogen and oxygen atoms in total. The van der Waals surface area contributed by atoms with Crippen molar-refractivity contribution in [1.82, 2.24) is 10.6 Å². The van der Waals surface area contributed by atoms with Crippen LogP contribution < -0.4 is 10.6 Å². The average molecular weight is 262 g/mol. The molecule has 0 saturated heterocycles. The van der Waals surface area contributed by atoms with Gasteiger partial charge in [-0.05, 0) is 26.5 Å². The normalized spacial score (nSPS) is 16.3. The van der Waals surface area contributed by atoms with Crippen LogP contribution >= 0.6 is 11.8 Å². The van der Waals surface area contributed by atoms with Gasteiger partial charge in [0.15, 0.2) is 0 Å². The Morgan fingerprint density at radius 2 is 2.18 bits per heavy atom. The Labute approximate surface area is 109 Å². The fraction of sp³-hybridized carbons (Fsp3) is 0.917. The first-order valence-corrected chi connectivity index (χ1v) is 7.54. The Hall–Kier alpha value is -0.260. The van der Waals surface area contributed by atoms with Gasteiger partial charge < -0.3 is 15.7 Å². The Bertz CT molecular complexity index is 223. The zero-order valence-corrected chi connectivity index (χ0v) is 12.2. The van der Waals surface area contributed by atoms with E-state index in [2.05, 4.69) is 17.6 Å². The third-order valence-corrected chi connectivity index (χ3v) is 3.38. The standard InChI is InChI=1S/C12H26N2O2S/c1-5-6-7-13-11(15)10(2)14-8-12(3,16)9-17-4/h10,14,16H,5-9H2,1-4H3,(H,13,15). The maximum Gasteiger partial charge on any atom is 0.236 e. The van der Waals surface area contributed by atoms with Crippen molar-refractivity contribution in [3.8, 4) is 0 Å². The Kier molecular flexibility index (Phi) is 8.64. The van der Waals surface area contributed by atoms with E-state index in [0.29, 0.717) is 12.3 Å². The molecule has 0 aromatic carbocycles. The zero-order valence-electron chi connectivity index (χ0n) is 11.4. The lowest BCUT2D eigenvalue weighted by Crippen LogP contribution is -2.49. The molecule has 5 heteroatoms. The number of carbonyl (C=O) groups is 1. The molecule has 102 valence electrons. The van der Waals surface area contributed by atoms with E-state index in [0.717, 1.165) is 19.4 Å². The second-order valence-corrected chi connectivity index (χ2v) is 5.54. The van der Waals surface area contributed by atoms with Crippen molar-refractivity contribution < 1.29 is 9.90 Å². The number of amides is 1. The van der Waals surface area contributed by atoms with E-state index in [1.165, 1.54) is 0 Å². The van der Waals surface area contributed by atoms with Gasteiger partial charge in [-0.3, -0.25) is 4.79 Å². The molecule has 0 aliphatic heterocycles. The fourth-order valence-corrected chi connectivity index (χ4v) is 2.09. The minimum absolute atomic E-state index is 0.00148. The van der Waals surface area contributed by atoms with E-state index in [4.69, 9.17) is 0 Å². The largest absolute Gasteiger partial charge is 0.388 e. The van der Waals surface area contributed by atoms with Gasteiger partial charge in [-0.25, -0.2) is 0 Å². The topological polar surface area (TPSA) is 61.4 Å². The molecule has 2 unspecified atom stereocenters. The highest BCUT2D eigenvalue weighted by Gasteiger charge is 2.21. The van der Waals surface area contributed by atoms with Crippen molar-refractivity contribution in [2.24, 2.45) is 0 Å². The van der Waals surface area contributed by atoms with Crippen LogP contribution in [0.25, 0.3) is 0 Å². The summed E-state index contributed by atoms with van der Waals surface area (Å²) in [6.45, 7) is 6.83. The summed E-state index contributed by atoms with van der Waals surface area (Å²) in [5.74, 6) is 0.655. The number of thioether (sulfide) groups is 1. The van der Waals surface area contributed by atoms with Gasteiger partial charge in [0, 0.05) is 18.8 Å². The van der Waals surface area contributed by atoms with Gasteiger partial charge in [-0.1, -0.05) is 13.3 Å². The molecule has 0 fully saturated rings. The molecule has 0 heterocycles. The predicted octanol–water partition coefficient (Wildman–Crippen LogP) is 0.995. The van der Waals surface area contributed by atoms with Crippen molar-refractivity contribution in [2.45, 2.75) is 45.3 Å². The van der Waals surface area contributed by atoms with Crippen LogP contribution in [0.15, 0.2) is 0 Å². The maximum atomic E-state index is 11.6. The molecule has 0 aliphatic carbocycles. The van der Waals surface area contributed by atoms with Gasteiger partial charge in [-0.15, -0.1) is 0 Å². The molecule has 0 aliphatic rings. The van der Waals surface area contributed by atoms with Crippen molar-refractivity contribution >= 4 is 17.7 Å². The van der Waals surface area contributed by atoms with Gasteiger partial charge in [0.25, 0.3) is 0 Å². The van der Waals surface area contributed by atoms with E-state index in [1.807, 2.05) is 13.2 Å². The number of unbranched alkanes of at least 4 members (excludes halogenated alkanes) is 1. The highest BCUT2D eigenvalue weighted by Crippen LogP contribution is 2.09. The molecule has 3 N–H and O–H groups in total. The SMILES string of the molecule is CCCCNC(=O)C(C)NCC(C)(O)CSC. The van der Waals surface area contributed by atoms with Crippen LogP contribution in [0.3, 0.4) is 0 Å². The first-order chi connectivity index (χ1) is 7.93. The average Bonchev–Trinajstić information content (AvgIpc) is 2.26. The molecule has 0 spiro atoms. The van der Waals surface area contributed by atoms with Gasteiger partial charge in [0.05, 0.1) is 11.6 Å². The monoisotopic (exact) mass is 262 g/mol. The van der Waals surface area contributed by atoms with Crippen molar-refractivity contribution in [3.05, 3.63) is 0 Å². The number of hydrogen-bond donors (Lipinski definition) is 3. The molecular weight excluding hydrogens is 236 g/mol. The van der Waals surface area contributed by atoms with Crippen molar-refractivity contribution in [1.29, 1.82) is 0 Å². The van der Waals surface area contributed by atoms with Gasteiger partial charge >= 0.3 is 0 Å². The molecule has 0 bridgehead atoms. The lowest BCUT2D eigenvalue weighted by Gasteiger charge is -2.24. The molecule has 0 saturated carbocycles. The molecule has 0 rings (SSSR count). The second kappa shape index (κ2) is 8.78. The third kappa shape index (κ3) is 8.46. The highest BCUT2D eigenvalue weighted by atomic mass is 32.2. The lowest BCUT2D eigenvalue weighted by molar-refractivity contribution is -0.122. The predicted molar refractivity (Wildman–Crippen MR) is 74.4 cm³/mol. The lowest BCUT2D eigenvalue weighted by atomic mass is 10.1. The van der Waals surface area contributed by atoms with E-state index >= 15 is 0 Å². The summed E-state index contributed by atoms with van der Waals surface area (Å²) in [5.41, 5.74) is -0.766. The summed E-state index contributed by atoms with van der Waals surface area (Å²) in [7, 11) is 0. The van der Waals surface area contributed by atoms with Crippen LogP contribution in [0.4, 0.5) is 0 Å². The number of carbonyl (C=O) groups excluding carboxylic acids is 1. The first kappa shape index (κ1) is 16.7. The molecule has 17 heavy (non-hydrogen) atoms. The quantitative estimate of drug-likeness (QED) is 0.542.